The van der Waals surface area contributed by atoms with E-state index < -0.39 is 9.84 Å². The molecule has 0 fully saturated rings. The summed E-state index contributed by atoms with van der Waals surface area (Å²) < 4.78 is 26.0. The van der Waals surface area contributed by atoms with Crippen LogP contribution in [0.15, 0.2) is 88.7 Å². The molecule has 0 bridgehead atoms. The third-order valence-electron chi connectivity index (χ3n) is 4.42. The number of hydrogen-bond donors (Lipinski definition) is 0. The molecule has 0 spiro atoms. The van der Waals surface area contributed by atoms with Crippen molar-refractivity contribution in [3.05, 3.63) is 95.6 Å². The lowest BCUT2D eigenvalue weighted by molar-refractivity contribution is 0.594. The van der Waals surface area contributed by atoms with Crippen molar-refractivity contribution in [3.8, 4) is 0 Å². The average molecular weight is 397 g/mol. The van der Waals surface area contributed by atoms with Crippen molar-refractivity contribution < 1.29 is 8.42 Å². The van der Waals surface area contributed by atoms with E-state index >= 15 is 0 Å². The molecule has 0 amide bonds. The van der Waals surface area contributed by atoms with E-state index in [0.29, 0.717) is 11.3 Å². The second-order valence-electron chi connectivity index (χ2n) is 6.84. The number of sulfone groups is 1. The van der Waals surface area contributed by atoms with Crippen LogP contribution in [0.25, 0.3) is 0 Å². The Morgan fingerprint density at radius 2 is 1.33 bits per heavy atom. The van der Waals surface area contributed by atoms with Gasteiger partial charge in [-0.25, -0.2) is 8.42 Å². The van der Waals surface area contributed by atoms with E-state index in [2.05, 4.69) is 43.3 Å². The maximum absolute atomic E-state index is 13.0. The molecule has 0 heterocycles. The lowest BCUT2D eigenvalue weighted by Crippen LogP contribution is -2.21. The molecule has 27 heavy (non-hydrogen) atoms. The Balaban J connectivity index is 1.84. The number of thioether (sulfide) groups is 1. The summed E-state index contributed by atoms with van der Waals surface area (Å²) in [5.74, 6) is 0.115. The Kier molecular flexibility index (Phi) is 6.40. The molecule has 0 radical (unpaired) electrons. The highest BCUT2D eigenvalue weighted by Crippen LogP contribution is 2.29. The Morgan fingerprint density at radius 1 is 0.778 bits per heavy atom. The Hall–Kier alpha value is -2.04. The highest BCUT2D eigenvalue weighted by molar-refractivity contribution is 8.01. The standard InChI is InChI=1S/C23H24O2S2/c1-18-8-12-21(13-9-18)26-22(16-20-6-4-3-5-7-20)17-27(24,25)23-14-10-19(2)11-15-23/h3-15,22H,16-17H2,1-2H3. The highest BCUT2D eigenvalue weighted by Gasteiger charge is 2.22. The molecule has 0 aliphatic heterocycles. The van der Waals surface area contributed by atoms with Crippen LogP contribution in [0.5, 0.6) is 0 Å². The van der Waals surface area contributed by atoms with Gasteiger partial charge in [0.1, 0.15) is 0 Å². The smallest absolute Gasteiger partial charge is 0.179 e. The monoisotopic (exact) mass is 396 g/mol. The minimum atomic E-state index is -3.35. The normalized spacial score (nSPS) is 12.7. The van der Waals surface area contributed by atoms with Crippen molar-refractivity contribution in [1.82, 2.24) is 0 Å². The summed E-state index contributed by atoms with van der Waals surface area (Å²) in [6.07, 6.45) is 0.713. The van der Waals surface area contributed by atoms with Gasteiger partial charge in [-0.2, -0.15) is 0 Å². The highest BCUT2D eigenvalue weighted by atomic mass is 32.2. The van der Waals surface area contributed by atoms with Crippen LogP contribution >= 0.6 is 11.8 Å². The fourth-order valence-electron chi connectivity index (χ4n) is 2.91. The molecule has 0 saturated heterocycles. The predicted molar refractivity (Wildman–Crippen MR) is 114 cm³/mol. The molecule has 3 aromatic rings. The van der Waals surface area contributed by atoms with Gasteiger partial charge in [0.25, 0.3) is 0 Å². The van der Waals surface area contributed by atoms with Crippen LogP contribution in [0.3, 0.4) is 0 Å². The van der Waals surface area contributed by atoms with Crippen molar-refractivity contribution in [2.45, 2.75) is 35.3 Å². The minimum Gasteiger partial charge on any atom is -0.224 e. The number of hydrogen-bond acceptors (Lipinski definition) is 3. The van der Waals surface area contributed by atoms with Gasteiger partial charge in [0, 0.05) is 10.1 Å². The largest absolute Gasteiger partial charge is 0.224 e. The molecule has 4 heteroatoms. The third-order valence-corrected chi connectivity index (χ3v) is 7.67. The van der Waals surface area contributed by atoms with Gasteiger partial charge < -0.3 is 0 Å². The zero-order valence-electron chi connectivity index (χ0n) is 15.6. The van der Waals surface area contributed by atoms with Crippen LogP contribution in [0.1, 0.15) is 16.7 Å². The van der Waals surface area contributed by atoms with E-state index in [4.69, 9.17) is 0 Å². The van der Waals surface area contributed by atoms with Gasteiger partial charge in [-0.3, -0.25) is 0 Å². The van der Waals surface area contributed by atoms with E-state index in [1.165, 1.54) is 5.56 Å². The second kappa shape index (κ2) is 8.77. The van der Waals surface area contributed by atoms with Crippen LogP contribution < -0.4 is 0 Å². The maximum Gasteiger partial charge on any atom is 0.179 e. The molecule has 1 unspecified atom stereocenters. The first-order chi connectivity index (χ1) is 12.9. The Labute approximate surface area is 166 Å². The molecule has 3 rings (SSSR count). The minimum absolute atomic E-state index is 0.0543. The first-order valence-electron chi connectivity index (χ1n) is 8.99. The number of rotatable bonds is 7. The summed E-state index contributed by atoms with van der Waals surface area (Å²) in [5, 5.41) is -0.0543. The topological polar surface area (TPSA) is 34.1 Å². The molecule has 0 N–H and O–H groups in total. The lowest BCUT2D eigenvalue weighted by Gasteiger charge is -2.17. The van der Waals surface area contributed by atoms with Crippen molar-refractivity contribution in [2.24, 2.45) is 0 Å². The summed E-state index contributed by atoms with van der Waals surface area (Å²) in [7, 11) is -3.35. The summed E-state index contributed by atoms with van der Waals surface area (Å²) in [6, 6.07) is 25.5. The third kappa shape index (κ3) is 5.72. The molecule has 140 valence electrons. The maximum atomic E-state index is 13.0. The Bertz CT molecular complexity index is 961. The van der Waals surface area contributed by atoms with Gasteiger partial charge in [0.15, 0.2) is 9.84 Å². The SMILES string of the molecule is Cc1ccc(SC(Cc2ccccc2)CS(=O)(=O)c2ccc(C)cc2)cc1. The van der Waals surface area contributed by atoms with Gasteiger partial charge >= 0.3 is 0 Å². The van der Waals surface area contributed by atoms with Crippen LogP contribution in [0.2, 0.25) is 0 Å². The molecule has 1 atom stereocenters. The lowest BCUT2D eigenvalue weighted by atomic mass is 10.1. The van der Waals surface area contributed by atoms with Crippen LogP contribution in [-0.4, -0.2) is 19.4 Å². The summed E-state index contributed by atoms with van der Waals surface area (Å²) >= 11 is 1.64. The van der Waals surface area contributed by atoms with Crippen LogP contribution in [0, 0.1) is 13.8 Å². The molecule has 3 aromatic carbocycles. The van der Waals surface area contributed by atoms with Crippen molar-refractivity contribution in [1.29, 1.82) is 0 Å². The molecule has 0 saturated carbocycles. The molecular weight excluding hydrogens is 372 g/mol. The van der Waals surface area contributed by atoms with Gasteiger partial charge in [-0.1, -0.05) is 65.7 Å². The zero-order valence-corrected chi connectivity index (χ0v) is 17.3. The van der Waals surface area contributed by atoms with E-state index in [-0.39, 0.29) is 11.0 Å². The van der Waals surface area contributed by atoms with Crippen molar-refractivity contribution in [2.75, 3.05) is 5.75 Å². The van der Waals surface area contributed by atoms with E-state index in [9.17, 15) is 8.42 Å². The Morgan fingerprint density at radius 3 is 1.93 bits per heavy atom. The van der Waals surface area contributed by atoms with Crippen molar-refractivity contribution >= 4 is 21.6 Å². The predicted octanol–water partition coefficient (Wildman–Crippen LogP) is 5.48. The summed E-state index contributed by atoms with van der Waals surface area (Å²) in [6.45, 7) is 4.01. The number of benzene rings is 3. The zero-order chi connectivity index (χ0) is 19.3. The fraction of sp³-hybridized carbons (Fsp3) is 0.217. The van der Waals surface area contributed by atoms with E-state index in [0.717, 1.165) is 16.0 Å². The van der Waals surface area contributed by atoms with Gasteiger partial charge in [0.2, 0.25) is 0 Å². The van der Waals surface area contributed by atoms with E-state index in [1.807, 2.05) is 37.3 Å². The molecule has 2 nitrogen and oxygen atoms in total. The molecular formula is C23H24O2S2. The number of aryl methyl sites for hydroxylation is 2. The fourth-order valence-corrected chi connectivity index (χ4v) is 6.02. The average Bonchev–Trinajstić information content (AvgIpc) is 2.64. The van der Waals surface area contributed by atoms with Crippen LogP contribution in [-0.2, 0) is 16.3 Å². The van der Waals surface area contributed by atoms with Gasteiger partial charge in [-0.05, 0) is 50.1 Å². The summed E-state index contributed by atoms with van der Waals surface area (Å²) in [5.41, 5.74) is 3.41. The first-order valence-corrected chi connectivity index (χ1v) is 11.5. The van der Waals surface area contributed by atoms with Crippen LogP contribution in [0.4, 0.5) is 0 Å². The van der Waals surface area contributed by atoms with E-state index in [1.54, 1.807) is 23.9 Å². The quantitative estimate of drug-likeness (QED) is 0.496. The molecule has 0 aromatic heterocycles. The summed E-state index contributed by atoms with van der Waals surface area (Å²) in [4.78, 5) is 1.50. The first kappa shape index (κ1) is 19.7. The molecule has 0 aliphatic carbocycles. The molecule has 0 aliphatic rings. The second-order valence-corrected chi connectivity index (χ2v) is 10.2. The van der Waals surface area contributed by atoms with Gasteiger partial charge in [0.05, 0.1) is 10.6 Å². The van der Waals surface area contributed by atoms with Crippen molar-refractivity contribution in [3.63, 3.8) is 0 Å². The van der Waals surface area contributed by atoms with Gasteiger partial charge in [-0.15, -0.1) is 11.8 Å².